The van der Waals surface area contributed by atoms with Crippen LogP contribution in [-0.4, -0.2) is 50.8 Å². The third kappa shape index (κ3) is 3.25. The summed E-state index contributed by atoms with van der Waals surface area (Å²) >= 11 is 0. The van der Waals surface area contributed by atoms with Crippen molar-refractivity contribution in [1.82, 2.24) is 10.2 Å². The summed E-state index contributed by atoms with van der Waals surface area (Å²) in [5, 5.41) is 3.72. The summed E-state index contributed by atoms with van der Waals surface area (Å²) in [7, 11) is 2.29. The van der Waals surface area contributed by atoms with E-state index in [0.717, 1.165) is 37.6 Å². The Balaban J connectivity index is 1.48. The van der Waals surface area contributed by atoms with E-state index in [1.54, 1.807) is 0 Å². The molecular formula is C15H28N2O. The number of rotatable bonds is 7. The lowest BCUT2D eigenvalue weighted by Gasteiger charge is -2.32. The predicted octanol–water partition coefficient (Wildman–Crippen LogP) is 1.73. The maximum atomic E-state index is 5.69. The van der Waals surface area contributed by atoms with Gasteiger partial charge in [0.15, 0.2) is 0 Å². The molecule has 1 saturated heterocycles. The molecule has 3 rings (SSSR count). The Morgan fingerprint density at radius 1 is 1.39 bits per heavy atom. The predicted molar refractivity (Wildman–Crippen MR) is 73.7 cm³/mol. The summed E-state index contributed by atoms with van der Waals surface area (Å²) in [4.78, 5) is 2.55. The first-order chi connectivity index (χ1) is 8.67. The second kappa shape index (κ2) is 5.10. The molecule has 2 aliphatic carbocycles. The van der Waals surface area contributed by atoms with Crippen molar-refractivity contribution in [3.63, 3.8) is 0 Å². The zero-order valence-electron chi connectivity index (χ0n) is 12.0. The normalized spacial score (nSPS) is 39.5. The molecule has 3 atom stereocenters. The molecule has 0 aromatic heterocycles. The third-order valence-corrected chi connectivity index (χ3v) is 4.96. The lowest BCUT2D eigenvalue weighted by Crippen LogP contribution is -2.44. The van der Waals surface area contributed by atoms with Crippen molar-refractivity contribution in [3.05, 3.63) is 0 Å². The Labute approximate surface area is 111 Å². The zero-order valence-corrected chi connectivity index (χ0v) is 12.0. The van der Waals surface area contributed by atoms with E-state index in [0.29, 0.717) is 5.41 Å². The smallest absolute Gasteiger partial charge is 0.0547 e. The van der Waals surface area contributed by atoms with Gasteiger partial charge in [-0.05, 0) is 44.6 Å². The van der Waals surface area contributed by atoms with E-state index in [9.17, 15) is 0 Å². The van der Waals surface area contributed by atoms with Gasteiger partial charge in [0.1, 0.15) is 0 Å². The molecule has 0 bridgehead atoms. The molecule has 2 saturated carbocycles. The van der Waals surface area contributed by atoms with Crippen LogP contribution in [0.1, 0.15) is 32.6 Å². The number of hydrogen-bond donors (Lipinski definition) is 1. The fraction of sp³-hybridized carbons (Fsp3) is 1.00. The highest BCUT2D eigenvalue weighted by Gasteiger charge is 2.39. The van der Waals surface area contributed by atoms with E-state index >= 15 is 0 Å². The molecular weight excluding hydrogens is 224 g/mol. The van der Waals surface area contributed by atoms with Gasteiger partial charge >= 0.3 is 0 Å². The monoisotopic (exact) mass is 252 g/mol. The Kier molecular flexibility index (Phi) is 3.65. The van der Waals surface area contributed by atoms with E-state index in [2.05, 4.69) is 24.2 Å². The van der Waals surface area contributed by atoms with Crippen molar-refractivity contribution in [2.45, 2.75) is 38.6 Å². The molecule has 1 aliphatic heterocycles. The molecule has 0 radical (unpaired) electrons. The highest BCUT2D eigenvalue weighted by molar-refractivity contribution is 4.93. The van der Waals surface area contributed by atoms with Crippen molar-refractivity contribution < 1.29 is 4.74 Å². The van der Waals surface area contributed by atoms with Crippen LogP contribution in [-0.2, 0) is 4.74 Å². The molecule has 0 aromatic carbocycles. The first-order valence-corrected chi connectivity index (χ1v) is 7.67. The Hall–Kier alpha value is -0.120. The van der Waals surface area contributed by atoms with Gasteiger partial charge in [0, 0.05) is 37.7 Å². The number of ether oxygens (including phenoxy) is 1. The van der Waals surface area contributed by atoms with Crippen LogP contribution in [0.15, 0.2) is 0 Å². The minimum absolute atomic E-state index is 0.384. The van der Waals surface area contributed by atoms with E-state index in [-0.39, 0.29) is 0 Å². The average molecular weight is 252 g/mol. The van der Waals surface area contributed by atoms with E-state index < -0.39 is 0 Å². The minimum atomic E-state index is 0.384. The van der Waals surface area contributed by atoms with Crippen LogP contribution in [0.5, 0.6) is 0 Å². The van der Waals surface area contributed by atoms with Crippen LogP contribution in [0, 0.1) is 17.3 Å². The SMILES string of the molecule is CC1CC1CN(C)CC1(CNC2CC2)CCOC1. The molecule has 104 valence electrons. The molecule has 0 amide bonds. The molecule has 3 fully saturated rings. The Morgan fingerprint density at radius 2 is 2.17 bits per heavy atom. The van der Waals surface area contributed by atoms with Crippen LogP contribution < -0.4 is 5.32 Å². The van der Waals surface area contributed by atoms with Gasteiger partial charge < -0.3 is 15.0 Å². The molecule has 0 spiro atoms. The minimum Gasteiger partial charge on any atom is -0.381 e. The average Bonchev–Trinajstić information content (AvgIpc) is 3.22. The van der Waals surface area contributed by atoms with E-state index in [4.69, 9.17) is 4.74 Å². The molecule has 1 N–H and O–H groups in total. The summed E-state index contributed by atoms with van der Waals surface area (Å²) in [5.74, 6) is 1.93. The molecule has 18 heavy (non-hydrogen) atoms. The summed E-state index contributed by atoms with van der Waals surface area (Å²) in [5.41, 5.74) is 0.384. The van der Waals surface area contributed by atoms with Gasteiger partial charge in [-0.1, -0.05) is 6.92 Å². The number of nitrogens with zero attached hydrogens (tertiary/aromatic N) is 1. The van der Waals surface area contributed by atoms with Crippen molar-refractivity contribution in [2.24, 2.45) is 17.3 Å². The fourth-order valence-corrected chi connectivity index (χ4v) is 3.31. The number of hydrogen-bond acceptors (Lipinski definition) is 3. The van der Waals surface area contributed by atoms with Gasteiger partial charge in [-0.2, -0.15) is 0 Å². The molecule has 1 heterocycles. The van der Waals surface area contributed by atoms with Gasteiger partial charge in [-0.25, -0.2) is 0 Å². The van der Waals surface area contributed by atoms with Crippen molar-refractivity contribution in [1.29, 1.82) is 0 Å². The highest BCUT2D eigenvalue weighted by atomic mass is 16.5. The fourth-order valence-electron chi connectivity index (χ4n) is 3.31. The van der Waals surface area contributed by atoms with Gasteiger partial charge in [0.2, 0.25) is 0 Å². The largest absolute Gasteiger partial charge is 0.381 e. The van der Waals surface area contributed by atoms with Gasteiger partial charge in [0.25, 0.3) is 0 Å². The van der Waals surface area contributed by atoms with Crippen molar-refractivity contribution in [2.75, 3.05) is 39.9 Å². The molecule has 3 heteroatoms. The molecule has 3 unspecified atom stereocenters. The van der Waals surface area contributed by atoms with Crippen LogP contribution >= 0.6 is 0 Å². The first-order valence-electron chi connectivity index (χ1n) is 7.67. The summed E-state index contributed by atoms with van der Waals surface area (Å²) in [6.07, 6.45) is 5.43. The summed E-state index contributed by atoms with van der Waals surface area (Å²) in [6.45, 7) is 7.93. The topological polar surface area (TPSA) is 24.5 Å². The zero-order chi connectivity index (χ0) is 12.6. The molecule has 3 aliphatic rings. The molecule has 0 aromatic rings. The van der Waals surface area contributed by atoms with Crippen LogP contribution in [0.25, 0.3) is 0 Å². The summed E-state index contributed by atoms with van der Waals surface area (Å²) < 4.78 is 5.69. The lowest BCUT2D eigenvalue weighted by molar-refractivity contribution is 0.116. The maximum Gasteiger partial charge on any atom is 0.0547 e. The van der Waals surface area contributed by atoms with Crippen molar-refractivity contribution >= 4 is 0 Å². The summed E-state index contributed by atoms with van der Waals surface area (Å²) in [6, 6.07) is 0.816. The Morgan fingerprint density at radius 3 is 2.72 bits per heavy atom. The van der Waals surface area contributed by atoms with Gasteiger partial charge in [-0.3, -0.25) is 0 Å². The van der Waals surface area contributed by atoms with E-state index in [1.807, 2.05) is 0 Å². The third-order valence-electron chi connectivity index (χ3n) is 4.96. The molecule has 3 nitrogen and oxygen atoms in total. The van der Waals surface area contributed by atoms with Crippen LogP contribution in [0.2, 0.25) is 0 Å². The maximum absolute atomic E-state index is 5.69. The highest BCUT2D eigenvalue weighted by Crippen LogP contribution is 2.39. The standard InChI is InChI=1S/C15H28N2O/c1-12-7-13(12)8-17(2)10-15(5-6-18-11-15)9-16-14-3-4-14/h12-14,16H,3-11H2,1-2H3. The van der Waals surface area contributed by atoms with Crippen LogP contribution in [0.3, 0.4) is 0 Å². The second-order valence-electron chi connectivity index (χ2n) is 7.13. The van der Waals surface area contributed by atoms with Crippen molar-refractivity contribution in [3.8, 4) is 0 Å². The van der Waals surface area contributed by atoms with Gasteiger partial charge in [-0.15, -0.1) is 0 Å². The quantitative estimate of drug-likeness (QED) is 0.747. The lowest BCUT2D eigenvalue weighted by atomic mass is 9.86. The number of nitrogens with one attached hydrogen (secondary N) is 1. The first kappa shape index (κ1) is 12.9. The second-order valence-corrected chi connectivity index (χ2v) is 7.13. The van der Waals surface area contributed by atoms with Crippen LogP contribution in [0.4, 0.5) is 0 Å². The van der Waals surface area contributed by atoms with Gasteiger partial charge in [0.05, 0.1) is 6.61 Å². The Bertz CT molecular complexity index is 284. The van der Waals surface area contributed by atoms with E-state index in [1.165, 1.54) is 38.8 Å².